The molecule has 2 aromatic rings. The van der Waals surface area contributed by atoms with Crippen LogP contribution in [0.25, 0.3) is 0 Å². The number of rotatable bonds is 4. The molecule has 19 heavy (non-hydrogen) atoms. The van der Waals surface area contributed by atoms with Crippen molar-refractivity contribution in [2.45, 2.75) is 19.9 Å². The summed E-state index contributed by atoms with van der Waals surface area (Å²) < 4.78 is 3.75. The van der Waals surface area contributed by atoms with Gasteiger partial charge >= 0.3 is 0 Å². The van der Waals surface area contributed by atoms with Crippen LogP contribution in [-0.2, 0) is 24.8 Å². The molecule has 0 spiro atoms. The fourth-order valence-electron chi connectivity index (χ4n) is 1.79. The van der Waals surface area contributed by atoms with E-state index in [0.717, 1.165) is 12.1 Å². The predicted octanol–water partition coefficient (Wildman–Crippen LogP) is 1.94. The molecule has 0 saturated heterocycles. The Morgan fingerprint density at radius 3 is 2.53 bits per heavy atom. The van der Waals surface area contributed by atoms with Crippen molar-refractivity contribution in [3.05, 3.63) is 48.5 Å². The van der Waals surface area contributed by atoms with E-state index in [9.17, 15) is 4.79 Å². The Morgan fingerprint density at radius 2 is 2.00 bits per heavy atom. The molecular formula is C14H19ClN3O+. The molecular weight excluding hydrogens is 262 g/mol. The zero-order chi connectivity index (χ0) is 13.0. The zero-order valence-corrected chi connectivity index (χ0v) is 12.0. The third kappa shape index (κ3) is 4.41. The maximum absolute atomic E-state index is 11.8. The van der Waals surface area contributed by atoms with Gasteiger partial charge in [0.05, 0.1) is 7.05 Å². The van der Waals surface area contributed by atoms with Gasteiger partial charge in [-0.25, -0.2) is 9.13 Å². The maximum atomic E-state index is 11.8. The Morgan fingerprint density at radius 1 is 1.32 bits per heavy atom. The maximum Gasteiger partial charge on any atom is 0.266 e. The van der Waals surface area contributed by atoms with Crippen LogP contribution < -0.4 is 9.88 Å². The number of benzene rings is 1. The van der Waals surface area contributed by atoms with Crippen molar-refractivity contribution in [3.63, 3.8) is 0 Å². The van der Waals surface area contributed by atoms with Crippen molar-refractivity contribution in [2.24, 2.45) is 7.05 Å². The second kappa shape index (κ2) is 6.95. The summed E-state index contributed by atoms with van der Waals surface area (Å²) in [4.78, 5) is 11.8. The Balaban J connectivity index is 0.00000180. The number of imidazole rings is 1. The number of aryl methyl sites for hydroxylation is 2. The summed E-state index contributed by atoms with van der Waals surface area (Å²) in [5.74, 6) is -0.0181. The highest BCUT2D eigenvalue weighted by atomic mass is 35.5. The second-order valence-corrected chi connectivity index (χ2v) is 4.35. The molecule has 0 atom stereocenters. The molecule has 1 aromatic carbocycles. The number of nitrogens with one attached hydrogen (secondary N) is 1. The molecule has 0 radical (unpaired) electrons. The second-order valence-electron chi connectivity index (χ2n) is 4.35. The van der Waals surface area contributed by atoms with Gasteiger partial charge < -0.3 is 5.32 Å². The number of aromatic nitrogens is 2. The van der Waals surface area contributed by atoms with Gasteiger partial charge in [-0.15, -0.1) is 12.4 Å². The van der Waals surface area contributed by atoms with E-state index >= 15 is 0 Å². The molecule has 0 aliphatic rings. The number of nitrogens with zero attached hydrogens (tertiary/aromatic N) is 2. The van der Waals surface area contributed by atoms with Crippen LogP contribution in [0, 0.1) is 0 Å². The van der Waals surface area contributed by atoms with Crippen LogP contribution >= 0.6 is 12.4 Å². The van der Waals surface area contributed by atoms with E-state index in [2.05, 4.69) is 12.2 Å². The average molecular weight is 281 g/mol. The van der Waals surface area contributed by atoms with E-state index in [1.54, 1.807) is 0 Å². The Labute approximate surface area is 119 Å². The molecule has 4 nitrogen and oxygen atoms in total. The average Bonchev–Trinajstić information content (AvgIpc) is 2.75. The lowest BCUT2D eigenvalue weighted by molar-refractivity contribution is -0.671. The van der Waals surface area contributed by atoms with Crippen molar-refractivity contribution in [2.75, 3.05) is 5.32 Å². The third-order valence-corrected chi connectivity index (χ3v) is 2.80. The number of halogens is 1. The fourth-order valence-corrected chi connectivity index (χ4v) is 1.79. The molecule has 1 heterocycles. The van der Waals surface area contributed by atoms with Crippen molar-refractivity contribution in [1.82, 2.24) is 4.57 Å². The molecule has 1 N–H and O–H groups in total. The van der Waals surface area contributed by atoms with Crippen LogP contribution in [-0.4, -0.2) is 10.5 Å². The minimum Gasteiger partial charge on any atom is -0.323 e. The van der Waals surface area contributed by atoms with Crippen LogP contribution in [0.1, 0.15) is 12.5 Å². The topological polar surface area (TPSA) is 37.9 Å². The van der Waals surface area contributed by atoms with E-state index < -0.39 is 0 Å². The first-order valence-electron chi connectivity index (χ1n) is 6.07. The summed E-state index contributed by atoms with van der Waals surface area (Å²) in [6, 6.07) is 7.94. The van der Waals surface area contributed by atoms with Crippen molar-refractivity contribution >= 4 is 24.0 Å². The summed E-state index contributed by atoms with van der Waals surface area (Å²) in [6.07, 6.45) is 6.66. The number of anilines is 1. The minimum absolute atomic E-state index is 0. The van der Waals surface area contributed by atoms with Gasteiger partial charge in [0.25, 0.3) is 5.91 Å². The first kappa shape index (κ1) is 15.2. The summed E-state index contributed by atoms with van der Waals surface area (Å²) in [7, 11) is 1.93. The first-order chi connectivity index (χ1) is 8.67. The number of hydrogen-bond acceptors (Lipinski definition) is 1. The SMILES string of the molecule is CCc1ccc(NC(=O)Cn2cc[n+](C)c2)cc1.Cl. The summed E-state index contributed by atoms with van der Waals surface area (Å²) in [5, 5.41) is 2.88. The largest absolute Gasteiger partial charge is 0.323 e. The molecule has 1 aromatic heterocycles. The molecule has 0 bridgehead atoms. The molecule has 0 unspecified atom stereocenters. The molecule has 0 saturated carbocycles. The normalized spacial score (nSPS) is 9.79. The van der Waals surface area contributed by atoms with E-state index in [1.807, 2.05) is 59.2 Å². The Bertz CT molecular complexity index is 534. The predicted molar refractivity (Wildman–Crippen MR) is 77.3 cm³/mol. The van der Waals surface area contributed by atoms with Gasteiger partial charge in [-0.2, -0.15) is 0 Å². The highest BCUT2D eigenvalue weighted by Gasteiger charge is 2.07. The van der Waals surface area contributed by atoms with Gasteiger partial charge in [-0.1, -0.05) is 19.1 Å². The van der Waals surface area contributed by atoms with Gasteiger partial charge in [0.1, 0.15) is 12.4 Å². The van der Waals surface area contributed by atoms with Gasteiger partial charge in [-0.05, 0) is 24.1 Å². The summed E-state index contributed by atoms with van der Waals surface area (Å²) in [6.45, 7) is 2.44. The van der Waals surface area contributed by atoms with Crippen LogP contribution in [0.5, 0.6) is 0 Å². The number of carbonyl (C=O) groups excluding carboxylic acids is 1. The zero-order valence-electron chi connectivity index (χ0n) is 11.2. The van der Waals surface area contributed by atoms with E-state index in [4.69, 9.17) is 0 Å². The monoisotopic (exact) mass is 280 g/mol. The Hall–Kier alpha value is -1.81. The molecule has 0 aliphatic carbocycles. The molecule has 0 aliphatic heterocycles. The van der Waals surface area contributed by atoms with Crippen molar-refractivity contribution < 1.29 is 9.36 Å². The van der Waals surface area contributed by atoms with Gasteiger partial charge in [0, 0.05) is 5.69 Å². The lowest BCUT2D eigenvalue weighted by Gasteiger charge is -2.04. The summed E-state index contributed by atoms with van der Waals surface area (Å²) >= 11 is 0. The van der Waals surface area contributed by atoms with E-state index in [-0.39, 0.29) is 18.3 Å². The molecule has 102 valence electrons. The molecule has 2 rings (SSSR count). The molecule has 1 amide bonds. The summed E-state index contributed by atoms with van der Waals surface area (Å²) in [5.41, 5.74) is 2.11. The first-order valence-corrected chi connectivity index (χ1v) is 6.07. The highest BCUT2D eigenvalue weighted by molar-refractivity contribution is 5.90. The molecule has 5 heteroatoms. The quantitative estimate of drug-likeness (QED) is 0.854. The lowest BCUT2D eigenvalue weighted by Crippen LogP contribution is -2.25. The van der Waals surface area contributed by atoms with Crippen molar-refractivity contribution in [3.8, 4) is 0 Å². The highest BCUT2D eigenvalue weighted by Crippen LogP contribution is 2.09. The number of carbonyl (C=O) groups is 1. The minimum atomic E-state index is -0.0181. The van der Waals surface area contributed by atoms with Gasteiger partial charge in [-0.3, -0.25) is 4.79 Å². The van der Waals surface area contributed by atoms with Crippen LogP contribution in [0.3, 0.4) is 0 Å². The fraction of sp³-hybridized carbons (Fsp3) is 0.286. The Kier molecular flexibility index (Phi) is 5.57. The standard InChI is InChI=1S/C14H17N3O.ClH/c1-3-12-4-6-13(7-5-12)15-14(18)10-17-9-8-16(2)11-17;/h4-9,11H,3,10H2,1-2H3;1H/p+1. The number of hydrogen-bond donors (Lipinski definition) is 1. The van der Waals surface area contributed by atoms with Gasteiger partial charge in [0.2, 0.25) is 6.33 Å². The van der Waals surface area contributed by atoms with Crippen LogP contribution in [0.15, 0.2) is 43.0 Å². The van der Waals surface area contributed by atoms with E-state index in [0.29, 0.717) is 6.54 Å². The smallest absolute Gasteiger partial charge is 0.266 e. The third-order valence-electron chi connectivity index (χ3n) is 2.80. The molecule has 0 fully saturated rings. The van der Waals surface area contributed by atoms with Crippen molar-refractivity contribution in [1.29, 1.82) is 0 Å². The number of amides is 1. The van der Waals surface area contributed by atoms with E-state index in [1.165, 1.54) is 5.56 Å². The van der Waals surface area contributed by atoms with Gasteiger partial charge in [0.15, 0.2) is 6.54 Å². The van der Waals surface area contributed by atoms with Crippen LogP contribution in [0.2, 0.25) is 0 Å². The van der Waals surface area contributed by atoms with Crippen LogP contribution in [0.4, 0.5) is 5.69 Å². The lowest BCUT2D eigenvalue weighted by atomic mass is 10.1.